The van der Waals surface area contributed by atoms with Crippen molar-refractivity contribution in [2.24, 2.45) is 0 Å². The quantitative estimate of drug-likeness (QED) is 0.654. The Bertz CT molecular complexity index is 870. The molecule has 0 atom stereocenters. The molecule has 1 aromatic carbocycles. The third-order valence-corrected chi connectivity index (χ3v) is 3.95. The predicted octanol–water partition coefficient (Wildman–Crippen LogP) is 4.98. The minimum Gasteiger partial charge on any atom is -0.380 e. The SMILES string of the molecule is CCNc1cc(-c2cncc(NCc3cccc(F)c3)c2)c(Cl)cn1. The number of rotatable bonds is 6. The van der Waals surface area contributed by atoms with Crippen molar-refractivity contribution in [3.63, 3.8) is 0 Å². The largest absolute Gasteiger partial charge is 0.380 e. The van der Waals surface area contributed by atoms with E-state index in [4.69, 9.17) is 11.6 Å². The molecule has 2 N–H and O–H groups in total. The highest BCUT2D eigenvalue weighted by Crippen LogP contribution is 2.30. The van der Waals surface area contributed by atoms with Gasteiger partial charge in [-0.25, -0.2) is 9.37 Å². The van der Waals surface area contributed by atoms with Gasteiger partial charge in [0.2, 0.25) is 0 Å². The molecule has 0 amide bonds. The monoisotopic (exact) mass is 356 g/mol. The molecule has 2 aromatic heterocycles. The molecular formula is C19H18ClFN4. The molecule has 0 unspecified atom stereocenters. The summed E-state index contributed by atoms with van der Waals surface area (Å²) in [6.45, 7) is 3.30. The van der Waals surface area contributed by atoms with Gasteiger partial charge >= 0.3 is 0 Å². The van der Waals surface area contributed by atoms with Crippen LogP contribution in [0.5, 0.6) is 0 Å². The lowest BCUT2D eigenvalue weighted by Crippen LogP contribution is -2.01. The van der Waals surface area contributed by atoms with Crippen molar-refractivity contribution in [3.05, 3.63) is 71.4 Å². The van der Waals surface area contributed by atoms with Gasteiger partial charge in [0.1, 0.15) is 11.6 Å². The maximum absolute atomic E-state index is 13.3. The van der Waals surface area contributed by atoms with E-state index >= 15 is 0 Å². The minimum absolute atomic E-state index is 0.245. The molecule has 0 aliphatic carbocycles. The average molecular weight is 357 g/mol. The maximum atomic E-state index is 13.3. The van der Waals surface area contributed by atoms with E-state index in [1.54, 1.807) is 24.7 Å². The van der Waals surface area contributed by atoms with Gasteiger partial charge in [-0.05, 0) is 36.8 Å². The molecule has 0 saturated heterocycles. The van der Waals surface area contributed by atoms with Gasteiger partial charge in [0.15, 0.2) is 0 Å². The van der Waals surface area contributed by atoms with Crippen molar-refractivity contribution in [1.82, 2.24) is 9.97 Å². The molecule has 0 aliphatic heterocycles. The highest BCUT2D eigenvalue weighted by atomic mass is 35.5. The third-order valence-electron chi connectivity index (χ3n) is 3.65. The molecule has 3 aromatic rings. The number of aromatic nitrogens is 2. The van der Waals surface area contributed by atoms with E-state index in [1.165, 1.54) is 12.1 Å². The van der Waals surface area contributed by atoms with E-state index in [-0.39, 0.29) is 5.82 Å². The van der Waals surface area contributed by atoms with Crippen molar-refractivity contribution in [1.29, 1.82) is 0 Å². The summed E-state index contributed by atoms with van der Waals surface area (Å²) in [7, 11) is 0. The summed E-state index contributed by atoms with van der Waals surface area (Å²) >= 11 is 6.29. The van der Waals surface area contributed by atoms with Crippen LogP contribution < -0.4 is 10.6 Å². The summed E-state index contributed by atoms with van der Waals surface area (Å²) in [6, 6.07) is 10.4. The summed E-state index contributed by atoms with van der Waals surface area (Å²) in [4.78, 5) is 8.52. The zero-order chi connectivity index (χ0) is 17.6. The van der Waals surface area contributed by atoms with E-state index in [2.05, 4.69) is 20.6 Å². The highest BCUT2D eigenvalue weighted by molar-refractivity contribution is 6.33. The van der Waals surface area contributed by atoms with Crippen molar-refractivity contribution in [2.45, 2.75) is 13.5 Å². The van der Waals surface area contributed by atoms with E-state index < -0.39 is 0 Å². The summed E-state index contributed by atoms with van der Waals surface area (Å²) < 4.78 is 13.3. The molecular weight excluding hydrogens is 339 g/mol. The second-order valence-corrected chi connectivity index (χ2v) is 5.93. The Morgan fingerprint density at radius 2 is 1.96 bits per heavy atom. The van der Waals surface area contributed by atoms with E-state index in [1.807, 2.05) is 25.1 Å². The first-order valence-corrected chi connectivity index (χ1v) is 8.36. The lowest BCUT2D eigenvalue weighted by Gasteiger charge is -2.11. The van der Waals surface area contributed by atoms with Gasteiger partial charge in [-0.15, -0.1) is 0 Å². The Morgan fingerprint density at radius 1 is 1.08 bits per heavy atom. The fraction of sp³-hybridized carbons (Fsp3) is 0.158. The van der Waals surface area contributed by atoms with E-state index in [9.17, 15) is 4.39 Å². The minimum atomic E-state index is -0.245. The van der Waals surface area contributed by atoms with Gasteiger partial charge in [0.25, 0.3) is 0 Å². The van der Waals surface area contributed by atoms with E-state index in [0.717, 1.165) is 34.7 Å². The Morgan fingerprint density at radius 3 is 2.76 bits per heavy atom. The van der Waals surface area contributed by atoms with Gasteiger partial charge < -0.3 is 10.6 Å². The Labute approximate surface area is 151 Å². The van der Waals surface area contributed by atoms with Crippen molar-refractivity contribution < 1.29 is 4.39 Å². The lowest BCUT2D eigenvalue weighted by atomic mass is 10.1. The first kappa shape index (κ1) is 17.2. The number of halogens is 2. The van der Waals surface area contributed by atoms with Gasteiger partial charge in [-0.1, -0.05) is 23.7 Å². The van der Waals surface area contributed by atoms with Crippen molar-refractivity contribution >= 4 is 23.1 Å². The van der Waals surface area contributed by atoms with Crippen molar-refractivity contribution in [3.8, 4) is 11.1 Å². The molecule has 128 valence electrons. The van der Waals surface area contributed by atoms with Crippen LogP contribution in [0, 0.1) is 5.82 Å². The Balaban J connectivity index is 1.80. The third kappa shape index (κ3) is 4.45. The molecule has 0 bridgehead atoms. The first-order chi connectivity index (χ1) is 12.2. The lowest BCUT2D eigenvalue weighted by molar-refractivity contribution is 0.626. The van der Waals surface area contributed by atoms with Gasteiger partial charge in [-0.2, -0.15) is 0 Å². The molecule has 2 heterocycles. The summed E-state index contributed by atoms with van der Waals surface area (Å²) in [6.07, 6.45) is 5.11. The molecule has 6 heteroatoms. The van der Waals surface area contributed by atoms with Gasteiger partial charge in [0, 0.05) is 42.8 Å². The summed E-state index contributed by atoms with van der Waals surface area (Å²) in [5.41, 5.74) is 3.44. The van der Waals surface area contributed by atoms with Crippen molar-refractivity contribution in [2.75, 3.05) is 17.2 Å². The molecule has 0 radical (unpaired) electrons. The normalized spacial score (nSPS) is 10.5. The summed E-state index contributed by atoms with van der Waals surface area (Å²) in [5, 5.41) is 6.99. The number of benzene rings is 1. The van der Waals surface area contributed by atoms with Crippen LogP contribution in [0.3, 0.4) is 0 Å². The van der Waals surface area contributed by atoms with Gasteiger partial charge in [-0.3, -0.25) is 4.98 Å². The Hall–Kier alpha value is -2.66. The molecule has 0 spiro atoms. The van der Waals surface area contributed by atoms with Crippen LogP contribution in [-0.2, 0) is 6.54 Å². The zero-order valence-corrected chi connectivity index (χ0v) is 14.5. The topological polar surface area (TPSA) is 49.8 Å². The molecule has 0 aliphatic rings. The van der Waals surface area contributed by atoms with Crippen LogP contribution >= 0.6 is 11.6 Å². The van der Waals surface area contributed by atoms with Gasteiger partial charge in [0.05, 0.1) is 10.7 Å². The Kier molecular flexibility index (Phi) is 5.46. The fourth-order valence-electron chi connectivity index (χ4n) is 2.47. The summed E-state index contributed by atoms with van der Waals surface area (Å²) in [5.74, 6) is 0.519. The van der Waals surface area contributed by atoms with E-state index in [0.29, 0.717) is 11.6 Å². The van der Waals surface area contributed by atoms with Crippen LogP contribution in [0.1, 0.15) is 12.5 Å². The van der Waals surface area contributed by atoms with Crippen LogP contribution in [0.2, 0.25) is 5.02 Å². The average Bonchev–Trinajstić information content (AvgIpc) is 2.62. The maximum Gasteiger partial charge on any atom is 0.126 e. The first-order valence-electron chi connectivity index (χ1n) is 7.99. The number of anilines is 2. The number of nitrogens with zero attached hydrogens (tertiary/aromatic N) is 2. The number of nitrogens with one attached hydrogen (secondary N) is 2. The molecule has 3 rings (SSSR count). The van der Waals surface area contributed by atoms with Crippen LogP contribution in [0.15, 0.2) is 55.0 Å². The molecule has 0 saturated carbocycles. The fourth-order valence-corrected chi connectivity index (χ4v) is 2.69. The standard InChI is InChI=1S/C19H18ClFN4/c1-2-23-19-8-17(18(20)12-25-19)14-7-16(11-22-10-14)24-9-13-4-3-5-15(21)6-13/h3-8,10-12,24H,2,9H2,1H3,(H,23,25). The second-order valence-electron chi connectivity index (χ2n) is 5.53. The molecule has 4 nitrogen and oxygen atoms in total. The molecule has 25 heavy (non-hydrogen) atoms. The smallest absolute Gasteiger partial charge is 0.126 e. The molecule has 0 fully saturated rings. The predicted molar refractivity (Wildman–Crippen MR) is 100 cm³/mol. The number of hydrogen-bond donors (Lipinski definition) is 2. The van der Waals surface area contributed by atoms with Crippen LogP contribution in [-0.4, -0.2) is 16.5 Å². The van der Waals surface area contributed by atoms with Crippen LogP contribution in [0.25, 0.3) is 11.1 Å². The highest BCUT2D eigenvalue weighted by Gasteiger charge is 2.07. The number of pyridine rings is 2. The number of hydrogen-bond acceptors (Lipinski definition) is 4. The van der Waals surface area contributed by atoms with Crippen LogP contribution in [0.4, 0.5) is 15.9 Å². The second kappa shape index (κ2) is 7.94. The zero-order valence-electron chi connectivity index (χ0n) is 13.8.